The van der Waals surface area contributed by atoms with Crippen LogP contribution >= 0.6 is 22.6 Å². The van der Waals surface area contributed by atoms with Crippen molar-refractivity contribution in [1.29, 1.82) is 0 Å². The molecule has 0 saturated carbocycles. The van der Waals surface area contributed by atoms with Crippen molar-refractivity contribution in [1.82, 2.24) is 10.6 Å². The molecule has 0 radical (unpaired) electrons. The van der Waals surface area contributed by atoms with Gasteiger partial charge in [0.25, 0.3) is 0 Å². The van der Waals surface area contributed by atoms with E-state index in [9.17, 15) is 19.5 Å². The molecule has 0 aliphatic carbocycles. The molecule has 0 unspecified atom stereocenters. The summed E-state index contributed by atoms with van der Waals surface area (Å²) in [6.07, 6.45) is -1.87. The molecule has 31 heavy (non-hydrogen) atoms. The van der Waals surface area contributed by atoms with Crippen LogP contribution in [-0.2, 0) is 32.1 Å². The van der Waals surface area contributed by atoms with E-state index in [-0.39, 0.29) is 26.0 Å². The van der Waals surface area contributed by atoms with Gasteiger partial charge in [0, 0.05) is 16.5 Å². The van der Waals surface area contributed by atoms with Gasteiger partial charge >= 0.3 is 12.1 Å². The van der Waals surface area contributed by atoms with E-state index in [4.69, 9.17) is 9.47 Å². The number of halogens is 1. The van der Waals surface area contributed by atoms with Gasteiger partial charge < -0.3 is 25.2 Å². The molecular formula is C22H25IN2O6. The number of carbonyl (C=O) groups is 3. The highest BCUT2D eigenvalue weighted by Gasteiger charge is 2.23. The van der Waals surface area contributed by atoms with E-state index in [1.807, 2.05) is 54.6 Å². The Bertz CT molecular complexity index is 877. The van der Waals surface area contributed by atoms with Crippen molar-refractivity contribution < 1.29 is 29.0 Å². The molecule has 0 heterocycles. The Morgan fingerprint density at radius 1 is 1.06 bits per heavy atom. The largest absolute Gasteiger partial charge is 0.467 e. The van der Waals surface area contributed by atoms with Crippen molar-refractivity contribution in [2.45, 2.75) is 31.6 Å². The third-order valence-corrected chi connectivity index (χ3v) is 4.94. The molecule has 0 aliphatic heterocycles. The molecule has 0 saturated heterocycles. The molecule has 0 aromatic heterocycles. The summed E-state index contributed by atoms with van der Waals surface area (Å²) in [6, 6.07) is 15.8. The minimum atomic E-state index is -1.14. The van der Waals surface area contributed by atoms with Crippen LogP contribution in [0.2, 0.25) is 0 Å². The van der Waals surface area contributed by atoms with Gasteiger partial charge in [-0.2, -0.15) is 0 Å². The quantitative estimate of drug-likeness (QED) is 0.315. The lowest BCUT2D eigenvalue weighted by molar-refractivity contribution is -0.145. The molecule has 2 aromatic carbocycles. The Balaban J connectivity index is 1.77. The zero-order valence-electron chi connectivity index (χ0n) is 17.0. The summed E-state index contributed by atoms with van der Waals surface area (Å²) in [7, 11) is 1.25. The molecule has 9 heteroatoms. The molecule has 0 aliphatic rings. The molecule has 8 nitrogen and oxygen atoms in total. The van der Waals surface area contributed by atoms with Crippen LogP contribution in [-0.4, -0.2) is 48.9 Å². The number of aliphatic hydroxyl groups is 1. The second-order valence-corrected chi connectivity index (χ2v) is 8.02. The van der Waals surface area contributed by atoms with Gasteiger partial charge in [0.2, 0.25) is 5.91 Å². The van der Waals surface area contributed by atoms with Gasteiger partial charge in [-0.25, -0.2) is 9.59 Å². The molecule has 3 N–H and O–H groups in total. The maximum atomic E-state index is 12.3. The summed E-state index contributed by atoms with van der Waals surface area (Å²) < 4.78 is 10.8. The van der Waals surface area contributed by atoms with Gasteiger partial charge in [0.15, 0.2) is 0 Å². The highest BCUT2D eigenvalue weighted by Crippen LogP contribution is 2.11. The van der Waals surface area contributed by atoms with Crippen LogP contribution in [0.25, 0.3) is 0 Å². The van der Waals surface area contributed by atoms with Crippen molar-refractivity contribution in [3.63, 3.8) is 0 Å². The van der Waals surface area contributed by atoms with Gasteiger partial charge in [-0.05, 0) is 45.9 Å². The van der Waals surface area contributed by atoms with E-state index >= 15 is 0 Å². The number of esters is 1. The fourth-order valence-corrected chi connectivity index (χ4v) is 3.36. The molecule has 2 amide bonds. The molecular weight excluding hydrogens is 515 g/mol. The number of carbonyl (C=O) groups excluding carboxylic acids is 3. The van der Waals surface area contributed by atoms with E-state index in [1.54, 1.807) is 0 Å². The number of amides is 2. The number of methoxy groups -OCH3 is 1. The number of hydrogen-bond donors (Lipinski definition) is 3. The summed E-state index contributed by atoms with van der Waals surface area (Å²) in [5.74, 6) is -1.11. The molecule has 0 fully saturated rings. The van der Waals surface area contributed by atoms with Gasteiger partial charge in [0.1, 0.15) is 12.6 Å². The van der Waals surface area contributed by atoms with Gasteiger partial charge in [0.05, 0.1) is 19.6 Å². The van der Waals surface area contributed by atoms with Crippen LogP contribution < -0.4 is 10.6 Å². The molecule has 2 atom stereocenters. The summed E-state index contributed by atoms with van der Waals surface area (Å²) >= 11 is 2.16. The first-order valence-corrected chi connectivity index (χ1v) is 10.7. The van der Waals surface area contributed by atoms with Crippen molar-refractivity contribution in [3.8, 4) is 0 Å². The van der Waals surface area contributed by atoms with E-state index in [1.165, 1.54) is 7.11 Å². The van der Waals surface area contributed by atoms with Gasteiger partial charge in [-0.1, -0.05) is 42.5 Å². The predicted molar refractivity (Wildman–Crippen MR) is 122 cm³/mol. The summed E-state index contributed by atoms with van der Waals surface area (Å²) in [5.41, 5.74) is 1.70. The maximum Gasteiger partial charge on any atom is 0.407 e. The van der Waals surface area contributed by atoms with Crippen LogP contribution in [0.3, 0.4) is 0 Å². The van der Waals surface area contributed by atoms with Crippen molar-refractivity contribution in [3.05, 3.63) is 69.3 Å². The van der Waals surface area contributed by atoms with E-state index in [0.29, 0.717) is 0 Å². The standard InChI is InChI=1S/C22H25IN2O6/c1-30-21(28)19(11-16-8-5-9-17(23)10-16)25-20(27)12-18(26)13-24-22(29)31-14-15-6-3-2-4-7-15/h2-10,18-19,26H,11-14H2,1H3,(H,24,29)(H,25,27)/t18-,19-/m1/s1. The first-order valence-electron chi connectivity index (χ1n) is 9.61. The maximum absolute atomic E-state index is 12.3. The van der Waals surface area contributed by atoms with Crippen LogP contribution in [0.1, 0.15) is 17.5 Å². The topological polar surface area (TPSA) is 114 Å². The zero-order chi connectivity index (χ0) is 22.6. The van der Waals surface area contributed by atoms with Crippen LogP contribution in [0.15, 0.2) is 54.6 Å². The van der Waals surface area contributed by atoms with E-state index in [2.05, 4.69) is 33.2 Å². The SMILES string of the molecule is COC(=O)[C@@H](Cc1cccc(I)c1)NC(=O)C[C@@H](O)CNC(=O)OCc1ccccc1. The fourth-order valence-electron chi connectivity index (χ4n) is 2.75. The average molecular weight is 540 g/mol. The Kier molecular flexibility index (Phi) is 10.2. The third kappa shape index (κ3) is 9.35. The number of rotatable bonds is 10. The first kappa shape index (κ1) is 24.6. The van der Waals surface area contributed by atoms with Gasteiger partial charge in [-0.15, -0.1) is 0 Å². The number of aliphatic hydroxyl groups excluding tert-OH is 1. The monoisotopic (exact) mass is 540 g/mol. The van der Waals surface area contributed by atoms with E-state index in [0.717, 1.165) is 14.7 Å². The number of benzene rings is 2. The van der Waals surface area contributed by atoms with Crippen molar-refractivity contribution >= 4 is 40.6 Å². The number of alkyl carbamates (subject to hydrolysis) is 1. The van der Waals surface area contributed by atoms with E-state index < -0.39 is 30.1 Å². The molecule has 0 spiro atoms. The lowest BCUT2D eigenvalue weighted by Gasteiger charge is -2.18. The molecule has 166 valence electrons. The van der Waals surface area contributed by atoms with Crippen LogP contribution in [0.5, 0.6) is 0 Å². The third-order valence-electron chi connectivity index (χ3n) is 4.27. The molecule has 2 rings (SSSR count). The zero-order valence-corrected chi connectivity index (χ0v) is 19.2. The number of nitrogens with one attached hydrogen (secondary N) is 2. The first-order chi connectivity index (χ1) is 14.9. The Morgan fingerprint density at radius 2 is 1.77 bits per heavy atom. The van der Waals surface area contributed by atoms with Crippen molar-refractivity contribution in [2.24, 2.45) is 0 Å². The van der Waals surface area contributed by atoms with Crippen molar-refractivity contribution in [2.75, 3.05) is 13.7 Å². The normalized spacial score (nSPS) is 12.4. The summed E-state index contributed by atoms with van der Waals surface area (Å²) in [5, 5.41) is 15.0. The fraction of sp³-hybridized carbons (Fsp3) is 0.318. The lowest BCUT2D eigenvalue weighted by Crippen LogP contribution is -2.45. The minimum Gasteiger partial charge on any atom is -0.467 e. The Hall–Kier alpha value is -2.66. The lowest BCUT2D eigenvalue weighted by atomic mass is 10.1. The number of hydrogen-bond acceptors (Lipinski definition) is 6. The van der Waals surface area contributed by atoms with Crippen LogP contribution in [0, 0.1) is 3.57 Å². The highest BCUT2D eigenvalue weighted by molar-refractivity contribution is 14.1. The Morgan fingerprint density at radius 3 is 2.45 bits per heavy atom. The Labute approximate surface area is 194 Å². The smallest absolute Gasteiger partial charge is 0.407 e. The number of ether oxygens (including phenoxy) is 2. The summed E-state index contributed by atoms with van der Waals surface area (Å²) in [6.45, 7) is -0.0662. The molecule has 2 aromatic rings. The minimum absolute atomic E-state index is 0.0997. The molecule has 0 bridgehead atoms. The second-order valence-electron chi connectivity index (χ2n) is 6.78. The highest BCUT2D eigenvalue weighted by atomic mass is 127. The summed E-state index contributed by atoms with van der Waals surface area (Å²) in [4.78, 5) is 36.1. The second kappa shape index (κ2) is 12.9. The van der Waals surface area contributed by atoms with Gasteiger partial charge in [-0.3, -0.25) is 4.79 Å². The van der Waals surface area contributed by atoms with Crippen LogP contribution in [0.4, 0.5) is 4.79 Å². The average Bonchev–Trinajstić information content (AvgIpc) is 2.76. The predicted octanol–water partition coefficient (Wildman–Crippen LogP) is 2.17.